The summed E-state index contributed by atoms with van der Waals surface area (Å²) >= 11 is 1.81. The summed E-state index contributed by atoms with van der Waals surface area (Å²) in [5, 5.41) is 4.72. The van der Waals surface area contributed by atoms with Crippen LogP contribution in [0.3, 0.4) is 0 Å². The van der Waals surface area contributed by atoms with E-state index in [4.69, 9.17) is 0 Å². The van der Waals surface area contributed by atoms with E-state index >= 15 is 0 Å². The maximum Gasteiger partial charge on any atom is 0.434 e. The van der Waals surface area contributed by atoms with Crippen LogP contribution in [0, 0.1) is 0 Å². The predicted octanol–water partition coefficient (Wildman–Crippen LogP) is 3.20. The monoisotopic (exact) mass is 440 g/mol. The van der Waals surface area contributed by atoms with Gasteiger partial charge in [0.25, 0.3) is 0 Å². The summed E-state index contributed by atoms with van der Waals surface area (Å²) in [6.07, 6.45) is -3.75. The van der Waals surface area contributed by atoms with Crippen LogP contribution in [-0.4, -0.2) is 43.5 Å². The van der Waals surface area contributed by atoms with Crippen molar-refractivity contribution in [2.24, 2.45) is 0 Å². The molecule has 3 heterocycles. The van der Waals surface area contributed by atoms with Crippen LogP contribution in [0.5, 0.6) is 0 Å². The molecule has 13 heteroatoms. The van der Waals surface area contributed by atoms with Crippen LogP contribution in [-0.2, 0) is 16.2 Å². The van der Waals surface area contributed by atoms with E-state index in [0.717, 1.165) is 16.7 Å². The summed E-state index contributed by atoms with van der Waals surface area (Å²) < 4.78 is 64.9. The highest BCUT2D eigenvalue weighted by molar-refractivity contribution is 7.91. The van der Waals surface area contributed by atoms with Crippen LogP contribution in [0.4, 0.5) is 23.1 Å². The van der Waals surface area contributed by atoms with Crippen molar-refractivity contribution in [3.8, 4) is 0 Å². The van der Waals surface area contributed by atoms with Gasteiger partial charge in [0.05, 0.1) is 0 Å². The van der Waals surface area contributed by atoms with Gasteiger partial charge >= 0.3 is 12.2 Å². The first kappa shape index (κ1) is 20.0. The molecule has 2 aromatic heterocycles. The van der Waals surface area contributed by atoms with E-state index in [1.54, 1.807) is 11.4 Å². The molecule has 1 aliphatic rings. The van der Waals surface area contributed by atoms with Crippen LogP contribution in [0.25, 0.3) is 0 Å². The molecule has 0 aliphatic carbocycles. The summed E-state index contributed by atoms with van der Waals surface area (Å²) in [6, 6.07) is 2.30. The Morgan fingerprint density at radius 1 is 1.26 bits per heavy atom. The van der Waals surface area contributed by atoms with Gasteiger partial charge in [-0.25, -0.2) is 22.9 Å². The molecule has 7 nitrogen and oxygen atoms in total. The lowest BCUT2D eigenvalue weighted by molar-refractivity contribution is -0.140. The fourth-order valence-electron chi connectivity index (χ4n) is 2.53. The summed E-state index contributed by atoms with van der Waals surface area (Å²) in [5.41, 5.74) is -1.05. The Hall–Kier alpha value is -1.70. The quantitative estimate of drug-likeness (QED) is 0.764. The molecule has 1 saturated heterocycles. The van der Waals surface area contributed by atoms with E-state index in [1.807, 2.05) is 0 Å². The van der Waals surface area contributed by atoms with Crippen molar-refractivity contribution in [2.75, 3.05) is 18.4 Å². The first-order valence-corrected chi connectivity index (χ1v) is 11.0. The van der Waals surface area contributed by atoms with E-state index in [-0.39, 0.29) is 28.5 Å². The lowest BCUT2D eigenvalue weighted by atomic mass is 10.1. The predicted molar refractivity (Wildman–Crippen MR) is 95.4 cm³/mol. The number of carbonyl (C=O) groups is 1. The third kappa shape index (κ3) is 4.97. The Morgan fingerprint density at radius 2 is 1.96 bits per heavy atom. The Bertz CT molecular complexity index is 888. The zero-order valence-corrected chi connectivity index (χ0v) is 16.1. The van der Waals surface area contributed by atoms with Gasteiger partial charge in [0, 0.05) is 24.5 Å². The number of nitrogens with one attached hydrogen (secondary N) is 2. The number of nitrogens with zero attached hydrogens (tertiary/aromatic N) is 2. The third-order valence-corrected chi connectivity index (χ3v) is 7.55. The van der Waals surface area contributed by atoms with Crippen LogP contribution in [0.15, 0.2) is 27.1 Å². The van der Waals surface area contributed by atoms with E-state index in [9.17, 15) is 26.4 Å². The fourth-order valence-corrected chi connectivity index (χ4v) is 5.55. The van der Waals surface area contributed by atoms with Gasteiger partial charge in [0.1, 0.15) is 4.21 Å². The number of hydrogen-bond acceptors (Lipinski definition) is 6. The summed E-state index contributed by atoms with van der Waals surface area (Å²) in [6.45, 7) is 0.557. The highest BCUT2D eigenvalue weighted by Crippen LogP contribution is 2.31. The van der Waals surface area contributed by atoms with E-state index in [0.29, 0.717) is 24.2 Å². The van der Waals surface area contributed by atoms with E-state index in [1.165, 1.54) is 11.0 Å². The molecule has 148 valence electrons. The summed E-state index contributed by atoms with van der Waals surface area (Å²) in [4.78, 5) is 16.9. The third-order valence-electron chi connectivity index (χ3n) is 3.87. The van der Waals surface area contributed by atoms with Crippen LogP contribution >= 0.6 is 22.7 Å². The second-order valence-corrected chi connectivity index (χ2v) is 9.53. The average molecular weight is 440 g/mol. The lowest BCUT2D eigenvalue weighted by Gasteiger charge is -2.31. The van der Waals surface area contributed by atoms with Crippen LogP contribution in [0.1, 0.15) is 18.5 Å². The number of carbonyl (C=O) groups excluding carboxylic acids is 1. The molecular formula is C14H15F3N4O3S3. The van der Waals surface area contributed by atoms with Crippen molar-refractivity contribution < 1.29 is 26.4 Å². The maximum atomic E-state index is 12.5. The zero-order valence-electron chi connectivity index (χ0n) is 13.7. The van der Waals surface area contributed by atoms with Crippen LogP contribution < -0.4 is 10.0 Å². The maximum absolute atomic E-state index is 12.5. The van der Waals surface area contributed by atoms with E-state index in [2.05, 4.69) is 15.0 Å². The zero-order chi connectivity index (χ0) is 19.7. The van der Waals surface area contributed by atoms with Gasteiger partial charge < -0.3 is 4.90 Å². The molecule has 1 aliphatic heterocycles. The topological polar surface area (TPSA) is 91.4 Å². The van der Waals surface area contributed by atoms with Crippen molar-refractivity contribution in [2.45, 2.75) is 29.3 Å². The molecule has 0 atom stereocenters. The number of likely N-dealkylation sites (tertiary alicyclic amines) is 1. The second kappa shape index (κ2) is 7.73. The number of rotatable bonds is 4. The number of hydrogen-bond donors (Lipinski definition) is 2. The molecule has 0 aromatic carbocycles. The Morgan fingerprint density at radius 3 is 2.52 bits per heavy atom. The largest absolute Gasteiger partial charge is 0.434 e. The van der Waals surface area contributed by atoms with Gasteiger partial charge in [-0.1, -0.05) is 6.07 Å². The smallest absolute Gasteiger partial charge is 0.324 e. The normalized spacial score (nSPS) is 16.5. The number of urea groups is 1. The fraction of sp³-hybridized carbons (Fsp3) is 0.429. The number of thiazole rings is 1. The molecule has 2 aromatic rings. The first-order chi connectivity index (χ1) is 12.6. The molecule has 27 heavy (non-hydrogen) atoms. The van der Waals surface area contributed by atoms with Crippen molar-refractivity contribution in [3.63, 3.8) is 0 Å². The second-order valence-electron chi connectivity index (χ2n) is 5.78. The van der Waals surface area contributed by atoms with Crippen molar-refractivity contribution >= 4 is 43.9 Å². The number of alkyl halides is 3. The first-order valence-electron chi connectivity index (χ1n) is 7.79. The highest BCUT2D eigenvalue weighted by Gasteiger charge is 2.34. The van der Waals surface area contributed by atoms with Gasteiger partial charge in [-0.15, -0.1) is 22.7 Å². The summed E-state index contributed by atoms with van der Waals surface area (Å²) in [5.74, 6) is 0. The van der Waals surface area contributed by atoms with Gasteiger partial charge in [-0.2, -0.15) is 13.2 Å². The minimum atomic E-state index is -4.56. The number of sulfonamides is 1. The number of anilines is 1. The average Bonchev–Trinajstić information content (AvgIpc) is 3.26. The molecule has 0 radical (unpaired) electrons. The molecule has 3 rings (SSSR count). The number of amides is 2. The minimum absolute atomic E-state index is 0.132. The van der Waals surface area contributed by atoms with Crippen molar-refractivity contribution in [1.82, 2.24) is 14.6 Å². The molecular weight excluding hydrogens is 425 g/mol. The Kier molecular flexibility index (Phi) is 5.74. The Labute approximate surface area is 161 Å². The lowest BCUT2D eigenvalue weighted by Crippen LogP contribution is -2.47. The minimum Gasteiger partial charge on any atom is -0.324 e. The standard InChI is InChI=1S/C14H15F3N4O3S3/c15-14(16,17)10-8-26-12(18-10)19-13(22)21-5-3-9(4-6-21)20-27(23,24)11-2-1-7-25-11/h1-2,7-9,20H,3-6H2,(H,18,19,22). The molecule has 2 amide bonds. The molecule has 0 unspecified atom stereocenters. The van der Waals surface area contributed by atoms with Crippen molar-refractivity contribution in [3.05, 3.63) is 28.6 Å². The van der Waals surface area contributed by atoms with Crippen molar-refractivity contribution in [1.29, 1.82) is 0 Å². The Balaban J connectivity index is 1.51. The molecule has 0 spiro atoms. The number of aromatic nitrogens is 1. The van der Waals surface area contributed by atoms with Gasteiger partial charge in [-0.3, -0.25) is 5.32 Å². The number of piperidine rings is 1. The molecule has 0 saturated carbocycles. The van der Waals surface area contributed by atoms with Gasteiger partial charge in [0.2, 0.25) is 10.0 Å². The van der Waals surface area contributed by atoms with E-state index < -0.39 is 27.9 Å². The molecule has 2 N–H and O–H groups in total. The highest BCUT2D eigenvalue weighted by atomic mass is 32.2. The van der Waals surface area contributed by atoms with Gasteiger partial charge in [0.15, 0.2) is 10.8 Å². The number of thiophene rings is 1. The summed E-state index contributed by atoms with van der Waals surface area (Å²) in [7, 11) is -3.58. The number of halogens is 3. The van der Waals surface area contributed by atoms with Gasteiger partial charge in [-0.05, 0) is 24.3 Å². The SMILES string of the molecule is O=C(Nc1nc(C(F)(F)F)cs1)N1CCC(NS(=O)(=O)c2cccs2)CC1. The van der Waals surface area contributed by atoms with Crippen LogP contribution in [0.2, 0.25) is 0 Å². The molecule has 1 fully saturated rings. The molecule has 0 bridgehead atoms.